The highest BCUT2D eigenvalue weighted by Gasteiger charge is 2.21. The second-order valence-corrected chi connectivity index (χ2v) is 4.85. The smallest absolute Gasteiger partial charge is 0.124 e. The molecule has 17 heavy (non-hydrogen) atoms. The maximum absolute atomic E-state index is 5.73. The molecule has 2 rings (SSSR count). The lowest BCUT2D eigenvalue weighted by molar-refractivity contribution is 0.254. The number of hydrogen-bond donors (Lipinski definition) is 1. The van der Waals surface area contributed by atoms with Crippen LogP contribution in [0.3, 0.4) is 0 Å². The molecule has 1 aliphatic heterocycles. The minimum atomic E-state index is 0.466. The molecule has 94 valence electrons. The Morgan fingerprint density at radius 1 is 1.41 bits per heavy atom. The van der Waals surface area contributed by atoms with Crippen LogP contribution < -0.4 is 10.1 Å². The molecule has 0 fully saturated rings. The predicted molar refractivity (Wildman–Crippen MR) is 71.7 cm³/mol. The van der Waals surface area contributed by atoms with Crippen molar-refractivity contribution in [3.05, 3.63) is 29.3 Å². The molecule has 1 aliphatic rings. The van der Waals surface area contributed by atoms with Crippen molar-refractivity contribution in [3.63, 3.8) is 0 Å². The van der Waals surface area contributed by atoms with Gasteiger partial charge < -0.3 is 10.1 Å². The van der Waals surface area contributed by atoms with Crippen molar-refractivity contribution < 1.29 is 4.74 Å². The van der Waals surface area contributed by atoms with Gasteiger partial charge in [-0.15, -0.1) is 0 Å². The molecule has 0 saturated carbocycles. The first-order valence-corrected chi connectivity index (χ1v) is 6.76. The molecule has 2 unspecified atom stereocenters. The van der Waals surface area contributed by atoms with E-state index in [-0.39, 0.29) is 0 Å². The van der Waals surface area contributed by atoms with Gasteiger partial charge in [0, 0.05) is 18.0 Å². The number of nitrogens with one attached hydrogen (secondary N) is 1. The van der Waals surface area contributed by atoms with Crippen LogP contribution in [0.2, 0.25) is 0 Å². The Labute approximate surface area is 104 Å². The third kappa shape index (κ3) is 2.63. The zero-order chi connectivity index (χ0) is 12.3. The molecule has 0 amide bonds. The summed E-state index contributed by atoms with van der Waals surface area (Å²) in [6.45, 7) is 8.52. The lowest BCUT2D eigenvalue weighted by Gasteiger charge is -2.27. The third-order valence-electron chi connectivity index (χ3n) is 3.71. The number of hydrogen-bond acceptors (Lipinski definition) is 2. The average molecular weight is 233 g/mol. The monoisotopic (exact) mass is 233 g/mol. The molecule has 0 aromatic heterocycles. The van der Waals surface area contributed by atoms with Crippen LogP contribution in [0.4, 0.5) is 0 Å². The maximum Gasteiger partial charge on any atom is 0.124 e. The van der Waals surface area contributed by atoms with Gasteiger partial charge in [0.1, 0.15) is 5.75 Å². The van der Waals surface area contributed by atoms with Gasteiger partial charge in [-0.3, -0.25) is 0 Å². The highest BCUT2D eigenvalue weighted by molar-refractivity contribution is 5.41. The summed E-state index contributed by atoms with van der Waals surface area (Å²) < 4.78 is 5.73. The fraction of sp³-hybridized carbons (Fsp3) is 0.600. The standard InChI is InChI=1S/C15H23NO/c1-4-11(3)12-6-7-15-13(10-12)14(16-5-2)8-9-17-15/h6-7,10-11,14,16H,4-5,8-9H2,1-3H3. The Kier molecular flexibility index (Phi) is 4.06. The van der Waals surface area contributed by atoms with E-state index in [2.05, 4.69) is 44.3 Å². The zero-order valence-electron chi connectivity index (χ0n) is 11.1. The van der Waals surface area contributed by atoms with Crippen LogP contribution in [0.1, 0.15) is 56.7 Å². The highest BCUT2D eigenvalue weighted by atomic mass is 16.5. The van der Waals surface area contributed by atoms with E-state index in [1.54, 1.807) is 0 Å². The normalized spacial score (nSPS) is 20.5. The Bertz CT molecular complexity index is 375. The summed E-state index contributed by atoms with van der Waals surface area (Å²) >= 11 is 0. The summed E-state index contributed by atoms with van der Waals surface area (Å²) in [7, 11) is 0. The number of ether oxygens (including phenoxy) is 1. The molecule has 0 saturated heterocycles. The second-order valence-electron chi connectivity index (χ2n) is 4.85. The molecule has 1 heterocycles. The fourth-order valence-corrected chi connectivity index (χ4v) is 2.41. The topological polar surface area (TPSA) is 21.3 Å². The first-order chi connectivity index (χ1) is 8.26. The molecule has 2 heteroatoms. The SMILES string of the molecule is CCNC1CCOc2ccc(C(C)CC)cc21. The molecule has 0 bridgehead atoms. The zero-order valence-corrected chi connectivity index (χ0v) is 11.1. The molecular formula is C15H23NO. The van der Waals surface area contributed by atoms with E-state index >= 15 is 0 Å². The van der Waals surface area contributed by atoms with Crippen LogP contribution in [0.5, 0.6) is 5.75 Å². The summed E-state index contributed by atoms with van der Waals surface area (Å²) in [6.07, 6.45) is 2.26. The van der Waals surface area contributed by atoms with Crippen molar-refractivity contribution in [2.75, 3.05) is 13.2 Å². The van der Waals surface area contributed by atoms with Crippen molar-refractivity contribution in [2.45, 2.75) is 45.6 Å². The van der Waals surface area contributed by atoms with E-state index in [4.69, 9.17) is 4.74 Å². The van der Waals surface area contributed by atoms with Gasteiger partial charge in [-0.2, -0.15) is 0 Å². The van der Waals surface area contributed by atoms with E-state index in [1.165, 1.54) is 17.5 Å². The van der Waals surface area contributed by atoms with E-state index < -0.39 is 0 Å². The molecule has 0 aliphatic carbocycles. The van der Waals surface area contributed by atoms with E-state index in [9.17, 15) is 0 Å². The van der Waals surface area contributed by atoms with Crippen LogP contribution in [-0.4, -0.2) is 13.2 Å². The minimum Gasteiger partial charge on any atom is -0.493 e. The molecule has 0 radical (unpaired) electrons. The molecular weight excluding hydrogens is 210 g/mol. The third-order valence-corrected chi connectivity index (χ3v) is 3.71. The van der Waals surface area contributed by atoms with Crippen LogP contribution in [-0.2, 0) is 0 Å². The van der Waals surface area contributed by atoms with Crippen molar-refractivity contribution in [3.8, 4) is 5.75 Å². The summed E-state index contributed by atoms with van der Waals surface area (Å²) in [6, 6.07) is 7.14. The van der Waals surface area contributed by atoms with Crippen LogP contribution in [0, 0.1) is 0 Å². The second kappa shape index (κ2) is 5.54. The molecule has 1 aromatic rings. The number of rotatable bonds is 4. The van der Waals surface area contributed by atoms with Crippen molar-refractivity contribution >= 4 is 0 Å². The van der Waals surface area contributed by atoms with Gasteiger partial charge in [0.25, 0.3) is 0 Å². The molecule has 2 atom stereocenters. The van der Waals surface area contributed by atoms with Gasteiger partial charge >= 0.3 is 0 Å². The molecule has 1 N–H and O–H groups in total. The lowest BCUT2D eigenvalue weighted by atomic mass is 9.92. The highest BCUT2D eigenvalue weighted by Crippen LogP contribution is 2.34. The summed E-state index contributed by atoms with van der Waals surface area (Å²) in [4.78, 5) is 0. The van der Waals surface area contributed by atoms with Crippen molar-refractivity contribution in [1.82, 2.24) is 5.32 Å². The van der Waals surface area contributed by atoms with Gasteiger partial charge in [-0.25, -0.2) is 0 Å². The van der Waals surface area contributed by atoms with Gasteiger partial charge in [0.05, 0.1) is 6.61 Å². The summed E-state index contributed by atoms with van der Waals surface area (Å²) in [5.74, 6) is 1.69. The summed E-state index contributed by atoms with van der Waals surface area (Å²) in [5, 5.41) is 3.54. The lowest BCUT2D eigenvalue weighted by Crippen LogP contribution is -2.27. The Balaban J connectivity index is 2.30. The summed E-state index contributed by atoms with van der Waals surface area (Å²) in [5.41, 5.74) is 2.77. The average Bonchev–Trinajstić information content (AvgIpc) is 2.38. The largest absolute Gasteiger partial charge is 0.493 e. The van der Waals surface area contributed by atoms with Gasteiger partial charge in [0.2, 0.25) is 0 Å². The Morgan fingerprint density at radius 3 is 2.94 bits per heavy atom. The van der Waals surface area contributed by atoms with E-state index in [1.807, 2.05) is 0 Å². The van der Waals surface area contributed by atoms with Crippen LogP contribution in [0.25, 0.3) is 0 Å². The van der Waals surface area contributed by atoms with Gasteiger partial charge in [0.15, 0.2) is 0 Å². The number of benzene rings is 1. The van der Waals surface area contributed by atoms with Crippen molar-refractivity contribution in [1.29, 1.82) is 0 Å². The first-order valence-electron chi connectivity index (χ1n) is 6.76. The van der Waals surface area contributed by atoms with E-state index in [0.29, 0.717) is 12.0 Å². The van der Waals surface area contributed by atoms with Crippen LogP contribution in [0.15, 0.2) is 18.2 Å². The first kappa shape index (κ1) is 12.4. The van der Waals surface area contributed by atoms with E-state index in [0.717, 1.165) is 25.3 Å². The Hall–Kier alpha value is -1.02. The van der Waals surface area contributed by atoms with Crippen LogP contribution >= 0.6 is 0 Å². The molecule has 0 spiro atoms. The maximum atomic E-state index is 5.73. The molecule has 2 nitrogen and oxygen atoms in total. The number of fused-ring (bicyclic) bond motifs is 1. The fourth-order valence-electron chi connectivity index (χ4n) is 2.41. The molecule has 1 aromatic carbocycles. The minimum absolute atomic E-state index is 0.466. The predicted octanol–water partition coefficient (Wildman–Crippen LogP) is 3.63. The quantitative estimate of drug-likeness (QED) is 0.857. The van der Waals surface area contributed by atoms with Crippen molar-refractivity contribution in [2.24, 2.45) is 0 Å². The Morgan fingerprint density at radius 2 is 2.24 bits per heavy atom. The van der Waals surface area contributed by atoms with Gasteiger partial charge in [-0.1, -0.05) is 32.9 Å². The van der Waals surface area contributed by atoms with Gasteiger partial charge in [-0.05, 0) is 30.5 Å².